The molecule has 0 spiro atoms. The standard InChI is InChI=1S/C17H21ClN4O2/c18-16-9-5-4-6-13(16)10-22-11-15(20-21-22)12-24-17(23)19-14-7-2-1-3-8-14/h4-6,9,11,14H,1-3,7-8,10,12H2,(H,19,23). The van der Waals surface area contributed by atoms with Crippen LogP contribution in [0.1, 0.15) is 43.4 Å². The number of halogens is 1. The molecule has 0 saturated heterocycles. The number of rotatable bonds is 5. The first-order valence-corrected chi connectivity index (χ1v) is 8.64. The van der Waals surface area contributed by atoms with E-state index in [1.54, 1.807) is 10.9 Å². The highest BCUT2D eigenvalue weighted by molar-refractivity contribution is 6.31. The molecule has 0 atom stereocenters. The van der Waals surface area contributed by atoms with E-state index in [1.165, 1.54) is 19.3 Å². The van der Waals surface area contributed by atoms with Gasteiger partial charge in [0.1, 0.15) is 12.3 Å². The molecular formula is C17H21ClN4O2. The van der Waals surface area contributed by atoms with Crippen LogP contribution in [0.3, 0.4) is 0 Å². The van der Waals surface area contributed by atoms with Gasteiger partial charge in [0.25, 0.3) is 0 Å². The average molecular weight is 349 g/mol. The molecule has 2 aromatic rings. The van der Waals surface area contributed by atoms with Gasteiger partial charge in [-0.1, -0.05) is 54.3 Å². The molecule has 24 heavy (non-hydrogen) atoms. The van der Waals surface area contributed by atoms with Gasteiger partial charge in [-0.3, -0.25) is 0 Å². The largest absolute Gasteiger partial charge is 0.443 e. The van der Waals surface area contributed by atoms with Crippen molar-refractivity contribution in [1.29, 1.82) is 0 Å². The van der Waals surface area contributed by atoms with Crippen LogP contribution in [0.2, 0.25) is 5.02 Å². The smallest absolute Gasteiger partial charge is 0.407 e. The molecule has 1 aliphatic rings. The van der Waals surface area contributed by atoms with Gasteiger partial charge < -0.3 is 10.1 Å². The van der Waals surface area contributed by atoms with Crippen molar-refractivity contribution in [3.05, 3.63) is 46.7 Å². The van der Waals surface area contributed by atoms with Gasteiger partial charge in [0.05, 0.1) is 12.7 Å². The van der Waals surface area contributed by atoms with Gasteiger partial charge in [-0.2, -0.15) is 0 Å². The molecule has 1 fully saturated rings. The molecule has 6 nitrogen and oxygen atoms in total. The van der Waals surface area contributed by atoms with E-state index in [4.69, 9.17) is 16.3 Å². The van der Waals surface area contributed by atoms with E-state index < -0.39 is 0 Å². The van der Waals surface area contributed by atoms with Gasteiger partial charge in [-0.25, -0.2) is 9.48 Å². The molecule has 1 saturated carbocycles. The molecule has 0 radical (unpaired) electrons. The third-order valence-electron chi connectivity index (χ3n) is 4.15. The maximum Gasteiger partial charge on any atom is 0.407 e. The minimum absolute atomic E-state index is 0.112. The lowest BCUT2D eigenvalue weighted by Crippen LogP contribution is -2.36. The Morgan fingerprint density at radius 3 is 2.88 bits per heavy atom. The highest BCUT2D eigenvalue weighted by Gasteiger charge is 2.16. The predicted octanol–water partition coefficient (Wildman–Crippen LogP) is 3.54. The summed E-state index contributed by atoms with van der Waals surface area (Å²) in [5.74, 6) is 0. The topological polar surface area (TPSA) is 69.0 Å². The lowest BCUT2D eigenvalue weighted by Gasteiger charge is -2.22. The van der Waals surface area contributed by atoms with Gasteiger partial charge in [-0.05, 0) is 24.5 Å². The Hall–Kier alpha value is -2.08. The number of carbonyl (C=O) groups excluding carboxylic acids is 1. The van der Waals surface area contributed by atoms with Crippen LogP contribution >= 0.6 is 11.6 Å². The monoisotopic (exact) mass is 348 g/mol. The van der Waals surface area contributed by atoms with Gasteiger partial charge in [0, 0.05) is 11.1 Å². The summed E-state index contributed by atoms with van der Waals surface area (Å²) in [5.41, 5.74) is 1.58. The van der Waals surface area contributed by atoms with E-state index >= 15 is 0 Å². The zero-order valence-corrected chi connectivity index (χ0v) is 14.2. The van der Waals surface area contributed by atoms with Crippen molar-refractivity contribution in [3.63, 3.8) is 0 Å². The van der Waals surface area contributed by atoms with Gasteiger partial charge in [0.15, 0.2) is 0 Å². The predicted molar refractivity (Wildman–Crippen MR) is 90.8 cm³/mol. The first-order valence-electron chi connectivity index (χ1n) is 8.26. The highest BCUT2D eigenvalue weighted by atomic mass is 35.5. The maximum absolute atomic E-state index is 11.8. The Morgan fingerprint density at radius 2 is 2.08 bits per heavy atom. The quantitative estimate of drug-likeness (QED) is 0.897. The van der Waals surface area contributed by atoms with Crippen molar-refractivity contribution in [1.82, 2.24) is 20.3 Å². The Kier molecular flexibility index (Phi) is 5.69. The third kappa shape index (κ3) is 4.71. The molecule has 128 valence electrons. The van der Waals surface area contributed by atoms with Crippen molar-refractivity contribution in [2.24, 2.45) is 0 Å². The molecule has 0 bridgehead atoms. The van der Waals surface area contributed by atoms with Crippen LogP contribution in [-0.2, 0) is 17.9 Å². The van der Waals surface area contributed by atoms with Crippen LogP contribution in [-0.4, -0.2) is 27.1 Å². The summed E-state index contributed by atoms with van der Waals surface area (Å²) in [6.07, 6.45) is 7.02. The summed E-state index contributed by atoms with van der Waals surface area (Å²) in [5, 5.41) is 11.7. The number of alkyl carbamates (subject to hydrolysis) is 1. The fraction of sp³-hybridized carbons (Fsp3) is 0.471. The fourth-order valence-corrected chi connectivity index (χ4v) is 3.07. The number of hydrogen-bond acceptors (Lipinski definition) is 4. The average Bonchev–Trinajstić information content (AvgIpc) is 3.04. The van der Waals surface area contributed by atoms with E-state index in [1.807, 2.05) is 24.3 Å². The summed E-state index contributed by atoms with van der Waals surface area (Å²) in [7, 11) is 0. The molecule has 7 heteroatoms. The molecule has 1 amide bonds. The molecule has 0 unspecified atom stereocenters. The normalized spacial score (nSPS) is 15.2. The zero-order valence-electron chi connectivity index (χ0n) is 13.4. The summed E-state index contributed by atoms with van der Waals surface area (Å²) in [4.78, 5) is 11.8. The second-order valence-electron chi connectivity index (χ2n) is 6.05. The van der Waals surface area contributed by atoms with Crippen LogP contribution < -0.4 is 5.32 Å². The lowest BCUT2D eigenvalue weighted by atomic mass is 9.96. The van der Waals surface area contributed by atoms with Crippen LogP contribution in [0.4, 0.5) is 4.79 Å². The minimum atomic E-state index is -0.387. The number of carbonyl (C=O) groups is 1. The van der Waals surface area contributed by atoms with E-state index in [2.05, 4.69) is 15.6 Å². The number of nitrogens with zero attached hydrogens (tertiary/aromatic N) is 3. The zero-order chi connectivity index (χ0) is 16.8. The highest BCUT2D eigenvalue weighted by Crippen LogP contribution is 2.18. The van der Waals surface area contributed by atoms with Crippen molar-refractivity contribution >= 4 is 17.7 Å². The third-order valence-corrected chi connectivity index (χ3v) is 4.52. The number of nitrogens with one attached hydrogen (secondary N) is 1. The van der Waals surface area contributed by atoms with Crippen molar-refractivity contribution in [2.45, 2.75) is 51.3 Å². The number of amides is 1. The Morgan fingerprint density at radius 1 is 1.29 bits per heavy atom. The fourth-order valence-electron chi connectivity index (χ4n) is 2.88. The van der Waals surface area contributed by atoms with Crippen molar-refractivity contribution in [3.8, 4) is 0 Å². The van der Waals surface area contributed by atoms with Crippen molar-refractivity contribution in [2.75, 3.05) is 0 Å². The first kappa shape index (κ1) is 16.8. The molecule has 3 rings (SSSR count). The molecule has 1 aliphatic carbocycles. The van der Waals surface area contributed by atoms with Gasteiger partial charge in [-0.15, -0.1) is 5.10 Å². The van der Waals surface area contributed by atoms with E-state index in [0.717, 1.165) is 18.4 Å². The Balaban J connectivity index is 1.47. The Labute approximate surface area is 146 Å². The van der Waals surface area contributed by atoms with E-state index in [-0.39, 0.29) is 18.7 Å². The minimum Gasteiger partial charge on any atom is -0.443 e. The summed E-state index contributed by atoms with van der Waals surface area (Å²) in [6.45, 7) is 0.641. The molecule has 0 aliphatic heterocycles. The van der Waals surface area contributed by atoms with Crippen LogP contribution in [0.5, 0.6) is 0 Å². The lowest BCUT2D eigenvalue weighted by molar-refractivity contribution is 0.131. The van der Waals surface area contributed by atoms with E-state index in [9.17, 15) is 4.79 Å². The van der Waals surface area contributed by atoms with Crippen molar-refractivity contribution < 1.29 is 9.53 Å². The number of ether oxygens (including phenoxy) is 1. The molecule has 1 aromatic heterocycles. The van der Waals surface area contributed by atoms with Crippen LogP contribution in [0.25, 0.3) is 0 Å². The summed E-state index contributed by atoms with van der Waals surface area (Å²) >= 11 is 6.14. The van der Waals surface area contributed by atoms with Crippen LogP contribution in [0.15, 0.2) is 30.5 Å². The first-order chi connectivity index (χ1) is 11.7. The van der Waals surface area contributed by atoms with Gasteiger partial charge >= 0.3 is 6.09 Å². The summed E-state index contributed by atoms with van der Waals surface area (Å²) in [6, 6.07) is 7.84. The molecule has 1 N–H and O–H groups in total. The second-order valence-corrected chi connectivity index (χ2v) is 6.46. The maximum atomic E-state index is 11.8. The second kappa shape index (κ2) is 8.15. The van der Waals surface area contributed by atoms with E-state index in [0.29, 0.717) is 17.3 Å². The number of hydrogen-bond donors (Lipinski definition) is 1. The summed E-state index contributed by atoms with van der Waals surface area (Å²) < 4.78 is 6.91. The van der Waals surface area contributed by atoms with Crippen LogP contribution in [0, 0.1) is 0 Å². The molecule has 1 heterocycles. The number of benzene rings is 1. The van der Waals surface area contributed by atoms with Gasteiger partial charge in [0.2, 0.25) is 0 Å². The Bertz CT molecular complexity index is 683. The SMILES string of the molecule is O=C(NC1CCCCC1)OCc1cn(Cc2ccccc2Cl)nn1. The number of aromatic nitrogens is 3. The molecular weight excluding hydrogens is 328 g/mol. The molecule has 1 aromatic carbocycles.